The van der Waals surface area contributed by atoms with Crippen molar-refractivity contribution >= 4 is 38.4 Å². The van der Waals surface area contributed by atoms with Crippen molar-refractivity contribution in [3.05, 3.63) is 10.6 Å². The van der Waals surface area contributed by atoms with Gasteiger partial charge < -0.3 is 21.7 Å². The average molecular weight is 444 g/mol. The molecule has 1 rings (SSSR count). The number of thiazole rings is 1. The van der Waals surface area contributed by atoms with Gasteiger partial charge in [0, 0.05) is 18.5 Å². The molecule has 1 aromatic rings. The van der Waals surface area contributed by atoms with Gasteiger partial charge in [0.15, 0.2) is 11.1 Å². The molecule has 0 bridgehead atoms. The van der Waals surface area contributed by atoms with E-state index in [2.05, 4.69) is 19.7 Å². The Kier molecular flexibility index (Phi) is 8.48. The van der Waals surface area contributed by atoms with Crippen molar-refractivity contribution in [3.63, 3.8) is 0 Å². The van der Waals surface area contributed by atoms with Gasteiger partial charge in [-0.05, 0) is 26.2 Å². The Morgan fingerprint density at radius 2 is 1.96 bits per heavy atom. The normalized spacial score (nSPS) is 13.6. The lowest BCUT2D eigenvalue weighted by Crippen LogP contribution is -2.35. The molecular weight excluding hydrogens is 419 g/mol. The number of sulfonamides is 1. The van der Waals surface area contributed by atoms with Gasteiger partial charge >= 0.3 is 6.18 Å². The Hall–Kier alpha value is -2.09. The summed E-state index contributed by atoms with van der Waals surface area (Å²) in [5.41, 5.74) is 11.8. The number of alkyl halides is 3. The highest BCUT2D eigenvalue weighted by Crippen LogP contribution is 2.23. The summed E-state index contributed by atoms with van der Waals surface area (Å²) in [5, 5.41) is 2.93. The molecule has 0 radical (unpaired) electrons. The zero-order chi connectivity index (χ0) is 21.5. The fourth-order valence-corrected chi connectivity index (χ4v) is 3.38. The number of aryl methyl sites for hydroxylation is 2. The molecule has 9 nitrogen and oxygen atoms in total. The third kappa shape index (κ3) is 9.73. The molecule has 0 aliphatic carbocycles. The van der Waals surface area contributed by atoms with Crippen molar-refractivity contribution in [1.29, 1.82) is 0 Å². The molecule has 14 heteroatoms. The van der Waals surface area contributed by atoms with E-state index in [-0.39, 0.29) is 11.9 Å². The van der Waals surface area contributed by atoms with Crippen molar-refractivity contribution in [2.75, 3.05) is 31.7 Å². The first-order chi connectivity index (χ1) is 12.8. The third-order valence-corrected chi connectivity index (χ3v) is 4.81. The summed E-state index contributed by atoms with van der Waals surface area (Å²) in [7, 11) is -1.90. The van der Waals surface area contributed by atoms with E-state index in [1.807, 2.05) is 6.92 Å². The summed E-state index contributed by atoms with van der Waals surface area (Å²) in [6.07, 6.45) is -1.35. The summed E-state index contributed by atoms with van der Waals surface area (Å²) in [5.74, 6) is -0.424. The van der Waals surface area contributed by atoms with E-state index in [9.17, 15) is 21.6 Å². The van der Waals surface area contributed by atoms with Crippen molar-refractivity contribution in [3.8, 4) is 0 Å². The van der Waals surface area contributed by atoms with Gasteiger partial charge in [-0.3, -0.25) is 0 Å². The van der Waals surface area contributed by atoms with Gasteiger partial charge in [0.2, 0.25) is 5.96 Å². The summed E-state index contributed by atoms with van der Waals surface area (Å²) in [6.45, 7) is 1.00. The summed E-state index contributed by atoms with van der Waals surface area (Å²) >= 11 is 1.27. The van der Waals surface area contributed by atoms with Crippen LogP contribution < -0.4 is 16.8 Å². The Labute approximate surface area is 165 Å². The van der Waals surface area contributed by atoms with Gasteiger partial charge in [0.1, 0.15) is 6.54 Å². The van der Waals surface area contributed by atoms with Crippen LogP contribution in [0, 0.1) is 6.92 Å². The van der Waals surface area contributed by atoms with E-state index in [4.69, 9.17) is 11.5 Å². The highest BCUT2D eigenvalue weighted by molar-refractivity contribution is 7.89. The lowest BCUT2D eigenvalue weighted by Gasteiger charge is -2.17. The van der Waals surface area contributed by atoms with Crippen LogP contribution in [0.2, 0.25) is 0 Å². The number of unbranched alkanes of at least 4 members (excludes halogenated alkanes) is 1. The Morgan fingerprint density at radius 1 is 1.32 bits per heavy atom. The second-order valence-electron chi connectivity index (χ2n) is 6.02. The number of aromatic nitrogens is 1. The first kappa shape index (κ1) is 23.9. The molecule has 0 aliphatic heterocycles. The summed E-state index contributed by atoms with van der Waals surface area (Å²) in [6, 6.07) is 0. The van der Waals surface area contributed by atoms with E-state index in [1.165, 1.54) is 11.3 Å². The van der Waals surface area contributed by atoms with Crippen molar-refractivity contribution in [2.24, 2.45) is 20.9 Å². The zero-order valence-corrected chi connectivity index (χ0v) is 17.4. The molecule has 0 amide bonds. The number of hydrogen-bond donors (Lipinski definition) is 3. The quantitative estimate of drug-likeness (QED) is 0.312. The second-order valence-corrected chi connectivity index (χ2v) is 8.88. The first-order valence-corrected chi connectivity index (χ1v) is 10.8. The molecule has 0 spiro atoms. The van der Waals surface area contributed by atoms with Crippen LogP contribution >= 0.6 is 11.3 Å². The van der Waals surface area contributed by atoms with E-state index in [0.29, 0.717) is 24.5 Å². The van der Waals surface area contributed by atoms with Crippen molar-refractivity contribution in [2.45, 2.75) is 32.4 Å². The van der Waals surface area contributed by atoms with Crippen molar-refractivity contribution in [1.82, 2.24) is 9.88 Å². The van der Waals surface area contributed by atoms with E-state index < -0.39 is 22.7 Å². The fraction of sp³-hybridized carbons (Fsp3) is 0.643. The minimum absolute atomic E-state index is 0.0764. The molecule has 0 fully saturated rings. The molecule has 0 aliphatic rings. The van der Waals surface area contributed by atoms with Crippen molar-refractivity contribution < 1.29 is 21.6 Å². The van der Waals surface area contributed by atoms with Crippen LogP contribution in [0.25, 0.3) is 0 Å². The second kappa shape index (κ2) is 9.91. The summed E-state index contributed by atoms with van der Waals surface area (Å²) < 4.78 is 62.0. The minimum atomic E-state index is -4.42. The number of halogens is 3. The number of nitrogens with zero attached hydrogens (tertiary/aromatic N) is 4. The minimum Gasteiger partial charge on any atom is -0.370 e. The maximum absolute atomic E-state index is 12.1. The molecule has 28 heavy (non-hydrogen) atoms. The largest absolute Gasteiger partial charge is 0.408 e. The number of nitrogens with one attached hydrogen (secondary N) is 1. The van der Waals surface area contributed by atoms with Gasteiger partial charge in [-0.15, -0.1) is 15.7 Å². The Bertz CT molecular complexity index is 819. The summed E-state index contributed by atoms with van der Waals surface area (Å²) in [4.78, 5) is 9.99. The lowest BCUT2D eigenvalue weighted by molar-refractivity contribution is -0.118. The van der Waals surface area contributed by atoms with E-state index >= 15 is 0 Å². The van der Waals surface area contributed by atoms with Crippen LogP contribution in [0.3, 0.4) is 0 Å². The molecular formula is C14H24F3N7O2S2. The van der Waals surface area contributed by atoms with Crippen LogP contribution in [-0.2, 0) is 16.4 Å². The molecule has 0 atom stereocenters. The Morgan fingerprint density at radius 3 is 2.54 bits per heavy atom. The predicted octanol–water partition coefficient (Wildman–Crippen LogP) is 1.27. The molecule has 1 aromatic heterocycles. The van der Waals surface area contributed by atoms with Gasteiger partial charge in [-0.25, -0.2) is 18.4 Å². The molecule has 1 heterocycles. The molecule has 0 aromatic carbocycles. The zero-order valence-electron chi connectivity index (χ0n) is 15.7. The van der Waals surface area contributed by atoms with Gasteiger partial charge in [0.25, 0.3) is 10.0 Å². The van der Waals surface area contributed by atoms with Crippen LogP contribution in [0.15, 0.2) is 9.39 Å². The molecule has 0 unspecified atom stereocenters. The number of anilines is 1. The fourth-order valence-electron chi connectivity index (χ4n) is 2.03. The highest BCUT2D eigenvalue weighted by atomic mass is 32.2. The molecule has 0 saturated heterocycles. The van der Waals surface area contributed by atoms with Gasteiger partial charge in [0.05, 0.1) is 11.9 Å². The van der Waals surface area contributed by atoms with E-state index in [0.717, 1.165) is 23.2 Å². The number of aliphatic imine (C=N–C) groups is 1. The highest BCUT2D eigenvalue weighted by Gasteiger charge is 2.26. The third-order valence-electron chi connectivity index (χ3n) is 3.36. The van der Waals surface area contributed by atoms with Crippen LogP contribution in [0.4, 0.5) is 18.3 Å². The molecule has 5 N–H and O–H groups in total. The topological polar surface area (TPSA) is 139 Å². The molecule has 0 saturated carbocycles. The maximum Gasteiger partial charge on any atom is 0.408 e. The lowest BCUT2D eigenvalue weighted by atomic mass is 10.2. The van der Waals surface area contributed by atoms with Gasteiger partial charge in [-0.2, -0.15) is 13.2 Å². The van der Waals surface area contributed by atoms with Crippen LogP contribution in [0.5, 0.6) is 0 Å². The number of guanidine groups is 2. The van der Waals surface area contributed by atoms with Crippen LogP contribution in [-0.4, -0.2) is 62.8 Å². The number of rotatable bonds is 8. The van der Waals surface area contributed by atoms with Crippen LogP contribution in [0.1, 0.15) is 23.4 Å². The molecule has 160 valence electrons. The van der Waals surface area contributed by atoms with Gasteiger partial charge in [-0.1, -0.05) is 0 Å². The number of nitrogens with two attached hydrogens (primary N) is 2. The average Bonchev–Trinajstić information content (AvgIpc) is 2.86. The monoisotopic (exact) mass is 443 g/mol. The first-order valence-electron chi connectivity index (χ1n) is 8.13. The number of hydrogen-bond acceptors (Lipinski definition) is 5. The smallest absolute Gasteiger partial charge is 0.370 e. The van der Waals surface area contributed by atoms with E-state index in [1.54, 1.807) is 11.9 Å². The predicted molar refractivity (Wildman–Crippen MR) is 105 cm³/mol. The SMILES string of the molecule is Cc1sc(NC(N)=NCC(F)(F)F)nc1CCCCN(C)C(N)=NS(C)(=O)=O. The maximum atomic E-state index is 12.1. The standard InChI is InChI=1S/C14H24F3N7O2S2/c1-9-10(6-4-5-7-24(2)12(19)23-28(3,25)26)21-13(27-9)22-11(18)20-8-14(15,16)17/h4-8H2,1-3H3,(H2,19,23)(H3,18,20,21,22). The Balaban J connectivity index is 2.51.